The first-order valence-corrected chi connectivity index (χ1v) is 10.7. The van der Waals surface area contributed by atoms with E-state index in [4.69, 9.17) is 11.6 Å². The predicted molar refractivity (Wildman–Crippen MR) is 118 cm³/mol. The van der Waals surface area contributed by atoms with E-state index in [0.29, 0.717) is 27.4 Å². The summed E-state index contributed by atoms with van der Waals surface area (Å²) < 4.78 is 0. The molecule has 3 aromatic carbocycles. The molecule has 158 valence electrons. The van der Waals surface area contributed by atoms with Crippen LogP contribution in [0.3, 0.4) is 0 Å². The summed E-state index contributed by atoms with van der Waals surface area (Å²) in [5.74, 6) is -3.36. The van der Waals surface area contributed by atoms with Crippen molar-refractivity contribution in [1.29, 1.82) is 0 Å². The summed E-state index contributed by atoms with van der Waals surface area (Å²) in [7, 11) is 0. The molecule has 7 heteroatoms. The molecule has 0 aromatic heterocycles. The maximum Gasteiger partial charge on any atom is 0.285 e. The van der Waals surface area contributed by atoms with E-state index in [2.05, 4.69) is 0 Å². The standard InChI is InChI=1S/C25H17ClN2O4/c1-13-10-11-14(26)12-19(13)27-23(29)21-20-15-6-2-4-8-17(15)25(28(31)32,22(21)24(27)30)18-9-5-3-7-16(18)20/h2-12,20-22H,1H3/t20?,21-,22+,25?/m1/s1. The highest BCUT2D eigenvalue weighted by Crippen LogP contribution is 2.64. The number of carbonyl (C=O) groups is 2. The molecule has 0 radical (unpaired) electrons. The fourth-order valence-corrected chi connectivity index (χ4v) is 6.27. The maximum atomic E-state index is 13.9. The van der Waals surface area contributed by atoms with Gasteiger partial charge in [0.25, 0.3) is 5.54 Å². The Hall–Kier alpha value is -3.51. The monoisotopic (exact) mass is 444 g/mol. The lowest BCUT2D eigenvalue weighted by Gasteiger charge is -2.48. The number of carbonyl (C=O) groups excluding carboxylic acids is 2. The smallest absolute Gasteiger partial charge is 0.274 e. The second-order valence-corrected chi connectivity index (χ2v) is 9.06. The SMILES string of the molecule is Cc1ccc(Cl)cc1N1C(=O)[C@@H]2C3c4ccccc4C([N+](=O)[O-])(c4ccccc43)[C@@H]2C1=O. The van der Waals surface area contributed by atoms with Gasteiger partial charge in [-0.25, -0.2) is 4.90 Å². The van der Waals surface area contributed by atoms with Gasteiger partial charge in [-0.2, -0.15) is 0 Å². The van der Waals surface area contributed by atoms with Gasteiger partial charge in [-0.3, -0.25) is 19.7 Å². The van der Waals surface area contributed by atoms with Gasteiger partial charge in [-0.05, 0) is 35.7 Å². The molecule has 0 spiro atoms. The lowest BCUT2D eigenvalue weighted by atomic mass is 9.51. The van der Waals surface area contributed by atoms with Gasteiger partial charge in [-0.15, -0.1) is 0 Å². The molecule has 3 aliphatic carbocycles. The molecule has 2 bridgehead atoms. The van der Waals surface area contributed by atoms with Gasteiger partial charge in [0, 0.05) is 27.0 Å². The molecule has 1 fully saturated rings. The second kappa shape index (κ2) is 6.26. The number of imide groups is 1. The minimum absolute atomic E-state index is 0.364. The number of benzene rings is 3. The highest BCUT2D eigenvalue weighted by molar-refractivity contribution is 6.31. The van der Waals surface area contributed by atoms with Gasteiger partial charge in [0.05, 0.1) is 11.6 Å². The minimum atomic E-state index is -1.82. The molecule has 1 aliphatic heterocycles. The minimum Gasteiger partial charge on any atom is -0.274 e. The molecule has 1 saturated heterocycles. The van der Waals surface area contributed by atoms with E-state index >= 15 is 0 Å². The van der Waals surface area contributed by atoms with Crippen LogP contribution < -0.4 is 4.90 Å². The Morgan fingerprint density at radius 1 is 0.938 bits per heavy atom. The van der Waals surface area contributed by atoms with Gasteiger partial charge < -0.3 is 0 Å². The Bertz CT molecular complexity index is 1320. The molecule has 6 nitrogen and oxygen atoms in total. The normalized spacial score (nSPS) is 27.2. The molecule has 32 heavy (non-hydrogen) atoms. The van der Waals surface area contributed by atoms with Crippen LogP contribution in [0.2, 0.25) is 5.02 Å². The average molecular weight is 445 g/mol. The summed E-state index contributed by atoms with van der Waals surface area (Å²) in [6, 6.07) is 19.3. The van der Waals surface area contributed by atoms with Gasteiger partial charge in [-0.1, -0.05) is 66.2 Å². The fourth-order valence-electron chi connectivity index (χ4n) is 6.10. The molecular formula is C25H17ClN2O4. The molecule has 3 aromatic rings. The first kappa shape index (κ1) is 19.2. The number of aryl methyl sites for hydroxylation is 1. The average Bonchev–Trinajstić information content (AvgIpc) is 3.06. The Kier molecular flexibility index (Phi) is 3.76. The molecule has 2 amide bonds. The second-order valence-electron chi connectivity index (χ2n) is 8.62. The Morgan fingerprint density at radius 3 is 2.12 bits per heavy atom. The first-order chi connectivity index (χ1) is 15.4. The van der Waals surface area contributed by atoms with Crippen LogP contribution in [-0.2, 0) is 15.1 Å². The van der Waals surface area contributed by atoms with Crippen LogP contribution in [0, 0.1) is 28.9 Å². The summed E-state index contributed by atoms with van der Waals surface area (Å²) in [4.78, 5) is 41.4. The third-order valence-corrected chi connectivity index (χ3v) is 7.51. The van der Waals surface area contributed by atoms with Crippen LogP contribution in [0.15, 0.2) is 66.7 Å². The predicted octanol–water partition coefficient (Wildman–Crippen LogP) is 4.43. The van der Waals surface area contributed by atoms with Crippen LogP contribution in [0.5, 0.6) is 0 Å². The Labute approximate surface area is 188 Å². The number of hydrogen-bond acceptors (Lipinski definition) is 4. The van der Waals surface area contributed by atoms with Crippen molar-refractivity contribution in [2.45, 2.75) is 18.4 Å². The lowest BCUT2D eigenvalue weighted by Crippen LogP contribution is -2.57. The number of rotatable bonds is 2. The van der Waals surface area contributed by atoms with Crippen molar-refractivity contribution in [2.75, 3.05) is 4.90 Å². The van der Waals surface area contributed by atoms with E-state index in [1.54, 1.807) is 49.4 Å². The summed E-state index contributed by atoms with van der Waals surface area (Å²) in [5, 5.41) is 13.3. The van der Waals surface area contributed by atoms with Crippen molar-refractivity contribution in [2.24, 2.45) is 11.8 Å². The lowest BCUT2D eigenvalue weighted by molar-refractivity contribution is -0.578. The summed E-state index contributed by atoms with van der Waals surface area (Å²) >= 11 is 6.18. The first-order valence-electron chi connectivity index (χ1n) is 10.4. The molecule has 0 saturated carbocycles. The van der Waals surface area contributed by atoms with E-state index in [1.165, 1.54) is 0 Å². The molecule has 4 aliphatic rings. The van der Waals surface area contributed by atoms with Gasteiger partial charge in [0.2, 0.25) is 11.8 Å². The number of anilines is 1. The van der Waals surface area contributed by atoms with Crippen molar-refractivity contribution < 1.29 is 14.5 Å². The molecule has 1 heterocycles. The molecule has 0 unspecified atom stereocenters. The van der Waals surface area contributed by atoms with Crippen LogP contribution >= 0.6 is 11.6 Å². The Morgan fingerprint density at radius 2 is 1.53 bits per heavy atom. The van der Waals surface area contributed by atoms with Crippen molar-refractivity contribution in [3.63, 3.8) is 0 Å². The summed E-state index contributed by atoms with van der Waals surface area (Å²) in [6.45, 7) is 1.79. The van der Waals surface area contributed by atoms with E-state index in [1.807, 2.05) is 24.3 Å². The van der Waals surface area contributed by atoms with Crippen molar-refractivity contribution in [3.05, 3.63) is 110 Å². The largest absolute Gasteiger partial charge is 0.285 e. The highest BCUT2D eigenvalue weighted by Gasteiger charge is 2.74. The molecular weight excluding hydrogens is 428 g/mol. The van der Waals surface area contributed by atoms with E-state index < -0.39 is 35.1 Å². The topological polar surface area (TPSA) is 80.5 Å². The van der Waals surface area contributed by atoms with Crippen LogP contribution in [-0.4, -0.2) is 16.7 Å². The van der Waals surface area contributed by atoms with Gasteiger partial charge in [0.1, 0.15) is 5.92 Å². The number of nitro groups is 1. The van der Waals surface area contributed by atoms with Crippen LogP contribution in [0.1, 0.15) is 33.7 Å². The number of hydrogen-bond donors (Lipinski definition) is 0. The molecule has 7 rings (SSSR count). The van der Waals surface area contributed by atoms with E-state index in [0.717, 1.165) is 16.0 Å². The third kappa shape index (κ3) is 2.06. The molecule has 0 N–H and O–H groups in total. The van der Waals surface area contributed by atoms with Crippen molar-refractivity contribution >= 4 is 29.1 Å². The highest BCUT2D eigenvalue weighted by atomic mass is 35.5. The van der Waals surface area contributed by atoms with Crippen molar-refractivity contribution in [3.8, 4) is 0 Å². The summed E-state index contributed by atoms with van der Waals surface area (Å²) in [5.41, 5.74) is 1.76. The van der Waals surface area contributed by atoms with Crippen LogP contribution in [0.4, 0.5) is 5.69 Å². The van der Waals surface area contributed by atoms with Crippen molar-refractivity contribution in [1.82, 2.24) is 0 Å². The zero-order valence-electron chi connectivity index (χ0n) is 17.0. The zero-order chi connectivity index (χ0) is 22.4. The molecule has 2 atom stereocenters. The quantitative estimate of drug-likeness (QED) is 0.332. The van der Waals surface area contributed by atoms with Gasteiger partial charge in [0.15, 0.2) is 0 Å². The number of halogens is 1. The van der Waals surface area contributed by atoms with Crippen LogP contribution in [0.25, 0.3) is 0 Å². The third-order valence-electron chi connectivity index (χ3n) is 7.27. The fraction of sp³-hybridized carbons (Fsp3) is 0.200. The van der Waals surface area contributed by atoms with Gasteiger partial charge >= 0.3 is 0 Å². The number of amides is 2. The summed E-state index contributed by atoms with van der Waals surface area (Å²) in [6.07, 6.45) is 0. The Balaban J connectivity index is 1.68. The van der Waals surface area contributed by atoms with E-state index in [-0.39, 0.29) is 4.92 Å². The number of nitrogens with zero attached hydrogens (tertiary/aromatic N) is 2. The maximum absolute atomic E-state index is 13.9. The zero-order valence-corrected chi connectivity index (χ0v) is 17.7. The van der Waals surface area contributed by atoms with E-state index in [9.17, 15) is 19.7 Å².